The zero-order valence-electron chi connectivity index (χ0n) is 20.4. The molecule has 5 N–H and O–H groups in total. The van der Waals surface area contributed by atoms with E-state index in [-0.39, 0.29) is 28.9 Å². The molecule has 2 saturated carbocycles. The maximum atomic E-state index is 13.2. The lowest BCUT2D eigenvalue weighted by Gasteiger charge is -2.41. The van der Waals surface area contributed by atoms with Crippen LogP contribution in [0.4, 0.5) is 19.0 Å². The number of aliphatic hydroxyl groups excluding tert-OH is 2. The Bertz CT molecular complexity index is 1500. The summed E-state index contributed by atoms with van der Waals surface area (Å²) in [4.78, 5) is 18.0. The molecule has 2 aliphatic rings. The van der Waals surface area contributed by atoms with Crippen molar-refractivity contribution in [3.63, 3.8) is 0 Å². The van der Waals surface area contributed by atoms with E-state index in [0.29, 0.717) is 46.7 Å². The zero-order valence-corrected chi connectivity index (χ0v) is 21.2. The van der Waals surface area contributed by atoms with Crippen LogP contribution < -0.4 is 5.73 Å². The quantitative estimate of drug-likeness (QED) is 0.298. The second kappa shape index (κ2) is 9.08. The molecule has 0 spiro atoms. The van der Waals surface area contributed by atoms with E-state index < -0.39 is 23.9 Å². The number of hydrogen-bond acceptors (Lipinski definition) is 7. The first-order valence-corrected chi connectivity index (χ1v) is 12.8. The minimum Gasteiger partial charge on any atom is -0.390 e. The molecule has 1 unspecified atom stereocenters. The van der Waals surface area contributed by atoms with Crippen molar-refractivity contribution in [1.82, 2.24) is 29.4 Å². The van der Waals surface area contributed by atoms with Crippen molar-refractivity contribution in [3.05, 3.63) is 47.1 Å². The van der Waals surface area contributed by atoms with Crippen LogP contribution in [0.1, 0.15) is 42.6 Å². The summed E-state index contributed by atoms with van der Waals surface area (Å²) in [5, 5.41) is 22.0. The highest BCUT2D eigenvalue weighted by molar-refractivity contribution is 6.32. The van der Waals surface area contributed by atoms with E-state index in [1.54, 1.807) is 0 Å². The topological polar surface area (TPSA) is 129 Å². The average Bonchev–Trinajstić information content (AvgIpc) is 3.49. The molecule has 4 aromatic rings. The number of alkyl halides is 3. The Morgan fingerprint density at radius 1 is 1.18 bits per heavy atom. The molecule has 3 aromatic heterocycles. The van der Waals surface area contributed by atoms with Gasteiger partial charge in [-0.05, 0) is 44.5 Å². The highest BCUT2D eigenvalue weighted by Gasteiger charge is 2.45. The summed E-state index contributed by atoms with van der Waals surface area (Å²) < 4.78 is 41.5. The first-order chi connectivity index (χ1) is 18.0. The molecule has 0 radical (unpaired) electrons. The normalized spacial score (nSPS) is 28.0. The van der Waals surface area contributed by atoms with Gasteiger partial charge in [0.1, 0.15) is 29.7 Å². The largest absolute Gasteiger partial charge is 0.417 e. The van der Waals surface area contributed by atoms with Crippen LogP contribution in [0.3, 0.4) is 0 Å². The van der Waals surface area contributed by atoms with E-state index in [2.05, 4.69) is 24.8 Å². The molecular formula is C25H27ClF3N7O2. The number of H-pyrrole nitrogens is 1. The lowest BCUT2D eigenvalue weighted by atomic mass is 9.78. The molecule has 0 aliphatic heterocycles. The number of fused-ring (bicyclic) bond motifs is 2. The highest BCUT2D eigenvalue weighted by Crippen LogP contribution is 2.43. The van der Waals surface area contributed by atoms with Gasteiger partial charge in [-0.15, -0.1) is 0 Å². The van der Waals surface area contributed by atoms with E-state index in [1.165, 1.54) is 12.4 Å². The van der Waals surface area contributed by atoms with E-state index in [9.17, 15) is 23.4 Å². The third-order valence-electron chi connectivity index (χ3n) is 8.21. The maximum Gasteiger partial charge on any atom is 0.417 e. The molecule has 38 heavy (non-hydrogen) atoms. The third-order valence-corrected chi connectivity index (χ3v) is 8.52. The number of benzene rings is 1. The summed E-state index contributed by atoms with van der Waals surface area (Å²) in [6.07, 6.45) is -1.04. The Morgan fingerprint density at radius 3 is 2.68 bits per heavy atom. The summed E-state index contributed by atoms with van der Waals surface area (Å²) >= 11 is 5.84. The SMILES string of the molecule is CN(C[C@H]1CC(n2ccc3c(N)ncnc32)[C@H](O)[C@@H]1O)C1CC(c2nc3cc(Cl)c(C(F)(F)F)cc3[nH]2)C1. The summed E-state index contributed by atoms with van der Waals surface area (Å²) in [6, 6.07) is 3.96. The number of aromatic nitrogens is 5. The van der Waals surface area contributed by atoms with Crippen molar-refractivity contribution < 1.29 is 23.4 Å². The van der Waals surface area contributed by atoms with Crippen molar-refractivity contribution in [2.45, 2.75) is 55.6 Å². The fourth-order valence-electron chi connectivity index (χ4n) is 5.97. The second-order valence-electron chi connectivity index (χ2n) is 10.5. The predicted octanol–water partition coefficient (Wildman–Crippen LogP) is 3.72. The molecule has 2 fully saturated rings. The lowest BCUT2D eigenvalue weighted by Crippen LogP contribution is -2.45. The van der Waals surface area contributed by atoms with Gasteiger partial charge in [0.15, 0.2) is 0 Å². The first-order valence-electron chi connectivity index (χ1n) is 12.4. The predicted molar refractivity (Wildman–Crippen MR) is 136 cm³/mol. The number of imidazole rings is 1. The van der Waals surface area contributed by atoms with Crippen LogP contribution in [0.25, 0.3) is 22.1 Å². The number of nitrogens with one attached hydrogen (secondary N) is 1. The van der Waals surface area contributed by atoms with Gasteiger partial charge >= 0.3 is 6.18 Å². The number of halogens is 4. The van der Waals surface area contributed by atoms with Crippen molar-refractivity contribution in [2.75, 3.05) is 19.3 Å². The highest BCUT2D eigenvalue weighted by atomic mass is 35.5. The first kappa shape index (κ1) is 25.4. The van der Waals surface area contributed by atoms with Gasteiger partial charge in [-0.25, -0.2) is 15.0 Å². The van der Waals surface area contributed by atoms with Crippen LogP contribution in [0.5, 0.6) is 0 Å². The Balaban J connectivity index is 1.11. The number of nitrogens with zero attached hydrogens (tertiary/aromatic N) is 5. The number of rotatable bonds is 5. The summed E-state index contributed by atoms with van der Waals surface area (Å²) in [5.41, 5.74) is 6.41. The van der Waals surface area contributed by atoms with Crippen molar-refractivity contribution in [1.29, 1.82) is 0 Å². The van der Waals surface area contributed by atoms with Crippen LogP contribution in [0.15, 0.2) is 30.7 Å². The summed E-state index contributed by atoms with van der Waals surface area (Å²) in [6.45, 7) is 0.590. The molecule has 0 amide bonds. The minimum absolute atomic E-state index is 0.0891. The van der Waals surface area contributed by atoms with Crippen molar-refractivity contribution in [3.8, 4) is 0 Å². The molecule has 6 rings (SSSR count). The monoisotopic (exact) mass is 549 g/mol. The Labute approximate surface area is 220 Å². The summed E-state index contributed by atoms with van der Waals surface area (Å²) in [5.74, 6) is 0.958. The third kappa shape index (κ3) is 4.19. The smallest absolute Gasteiger partial charge is 0.390 e. The van der Waals surface area contributed by atoms with E-state index in [4.69, 9.17) is 17.3 Å². The standard InChI is InChI=1S/C25H27ClF3N7O2/c1-35(9-12-6-19(21(38)20(12)37)36-3-2-14-22(30)31-10-32-24(14)36)13-4-11(5-13)23-33-17-7-15(25(27,28)29)16(26)8-18(17)34-23/h2-3,7-8,10-13,19-21,37-38H,4-6,9H2,1H3,(H,33,34)(H2,30,31,32)/t11?,12-,13?,19?,20-,21+/m1/s1. The second-order valence-corrected chi connectivity index (χ2v) is 10.9. The molecule has 1 aromatic carbocycles. The number of hydrogen-bond donors (Lipinski definition) is 4. The van der Waals surface area contributed by atoms with Gasteiger partial charge in [-0.3, -0.25) is 0 Å². The fourth-order valence-corrected chi connectivity index (χ4v) is 6.23. The number of aliphatic hydroxyl groups is 2. The fraction of sp³-hybridized carbons (Fsp3) is 0.480. The molecule has 4 atom stereocenters. The zero-order chi connectivity index (χ0) is 26.9. The van der Waals surface area contributed by atoms with Crippen LogP contribution in [0, 0.1) is 5.92 Å². The van der Waals surface area contributed by atoms with Gasteiger partial charge in [-0.1, -0.05) is 11.6 Å². The maximum absolute atomic E-state index is 13.2. The molecule has 202 valence electrons. The molecule has 13 heteroatoms. The molecule has 0 bridgehead atoms. The Hall–Kier alpha value is -2.93. The number of nitrogen functional groups attached to an aromatic ring is 1. The molecule has 3 heterocycles. The van der Waals surface area contributed by atoms with E-state index >= 15 is 0 Å². The Morgan fingerprint density at radius 2 is 1.95 bits per heavy atom. The van der Waals surface area contributed by atoms with Gasteiger partial charge in [-0.2, -0.15) is 13.2 Å². The van der Waals surface area contributed by atoms with Crippen molar-refractivity contribution in [2.24, 2.45) is 5.92 Å². The molecule has 0 saturated heterocycles. The van der Waals surface area contributed by atoms with Gasteiger partial charge < -0.3 is 30.4 Å². The van der Waals surface area contributed by atoms with Gasteiger partial charge in [0.25, 0.3) is 0 Å². The van der Waals surface area contributed by atoms with Crippen molar-refractivity contribution >= 4 is 39.5 Å². The molecular weight excluding hydrogens is 523 g/mol. The minimum atomic E-state index is -4.53. The van der Waals surface area contributed by atoms with Crippen LogP contribution in [-0.2, 0) is 6.18 Å². The molecule has 9 nitrogen and oxygen atoms in total. The van der Waals surface area contributed by atoms with Gasteiger partial charge in [0.2, 0.25) is 0 Å². The van der Waals surface area contributed by atoms with Crippen LogP contribution >= 0.6 is 11.6 Å². The van der Waals surface area contributed by atoms with E-state index in [0.717, 1.165) is 18.9 Å². The van der Waals surface area contributed by atoms with Crippen LogP contribution in [-0.4, -0.2) is 71.5 Å². The van der Waals surface area contributed by atoms with Crippen LogP contribution in [0.2, 0.25) is 5.02 Å². The lowest BCUT2D eigenvalue weighted by molar-refractivity contribution is -0.137. The average molecular weight is 550 g/mol. The number of anilines is 1. The van der Waals surface area contributed by atoms with Gasteiger partial charge in [0, 0.05) is 30.6 Å². The molecule has 2 aliphatic carbocycles. The number of aromatic amines is 1. The Kier molecular flexibility index (Phi) is 6.06. The number of nitrogens with two attached hydrogens (primary N) is 1. The summed E-state index contributed by atoms with van der Waals surface area (Å²) in [7, 11) is 1.99. The van der Waals surface area contributed by atoms with Gasteiger partial charge in [0.05, 0.1) is 39.2 Å². The van der Waals surface area contributed by atoms with E-state index in [1.807, 2.05) is 23.9 Å².